The van der Waals surface area contributed by atoms with Crippen molar-refractivity contribution in [1.29, 1.82) is 0 Å². The fourth-order valence-corrected chi connectivity index (χ4v) is 4.34. The van der Waals surface area contributed by atoms with Crippen LogP contribution < -0.4 is 10.6 Å². The summed E-state index contributed by atoms with van der Waals surface area (Å²) < 4.78 is 0. The Morgan fingerprint density at radius 2 is 1.96 bits per heavy atom. The predicted octanol–water partition coefficient (Wildman–Crippen LogP) is 3.97. The summed E-state index contributed by atoms with van der Waals surface area (Å²) in [6, 6.07) is 13.5. The van der Waals surface area contributed by atoms with Gasteiger partial charge in [0, 0.05) is 22.7 Å². The highest BCUT2D eigenvalue weighted by atomic mass is 32.2. The molecule has 0 unspecified atom stereocenters. The summed E-state index contributed by atoms with van der Waals surface area (Å²) >= 11 is 1.49. The molecule has 0 radical (unpaired) electrons. The Morgan fingerprint density at radius 1 is 1.11 bits per heavy atom. The molecular formula is C21H23N3O2S. The van der Waals surface area contributed by atoms with Crippen LogP contribution in [0, 0.1) is 0 Å². The Kier molecular flexibility index (Phi) is 5.45. The van der Waals surface area contributed by atoms with Crippen LogP contribution in [0.25, 0.3) is 0 Å². The number of carbonyl (C=O) groups is 2. The van der Waals surface area contributed by atoms with Crippen LogP contribution >= 0.6 is 11.8 Å². The van der Waals surface area contributed by atoms with Crippen LogP contribution in [0.4, 0.5) is 11.4 Å². The van der Waals surface area contributed by atoms with Crippen molar-refractivity contribution in [3.63, 3.8) is 0 Å². The molecule has 5 nitrogen and oxygen atoms in total. The van der Waals surface area contributed by atoms with E-state index in [1.807, 2.05) is 24.3 Å². The molecule has 4 rings (SSSR count). The molecule has 0 atom stereocenters. The van der Waals surface area contributed by atoms with Gasteiger partial charge in [-0.05, 0) is 61.8 Å². The second-order valence-electron chi connectivity index (χ2n) is 7.04. The molecule has 27 heavy (non-hydrogen) atoms. The normalized spacial score (nSPS) is 17.1. The van der Waals surface area contributed by atoms with Crippen LogP contribution in [0.15, 0.2) is 47.4 Å². The summed E-state index contributed by atoms with van der Waals surface area (Å²) in [6.45, 7) is 3.22. The Labute approximate surface area is 163 Å². The summed E-state index contributed by atoms with van der Waals surface area (Å²) in [4.78, 5) is 27.7. The van der Waals surface area contributed by atoms with Crippen molar-refractivity contribution in [2.24, 2.45) is 0 Å². The van der Waals surface area contributed by atoms with Crippen LogP contribution in [-0.2, 0) is 11.3 Å². The zero-order valence-corrected chi connectivity index (χ0v) is 16.0. The Bertz CT molecular complexity index is 862. The summed E-state index contributed by atoms with van der Waals surface area (Å²) in [6.07, 6.45) is 3.86. The fourth-order valence-electron chi connectivity index (χ4n) is 3.55. The van der Waals surface area contributed by atoms with Gasteiger partial charge in [0.05, 0.1) is 11.4 Å². The van der Waals surface area contributed by atoms with Gasteiger partial charge in [0.25, 0.3) is 5.91 Å². The minimum absolute atomic E-state index is 0.0320. The van der Waals surface area contributed by atoms with E-state index < -0.39 is 0 Å². The lowest BCUT2D eigenvalue weighted by Gasteiger charge is -2.26. The fraction of sp³-hybridized carbons (Fsp3) is 0.333. The standard InChI is InChI=1S/C21H23N3O2S/c25-20-14-27-19-8-7-16(12-18(19)23-20)21(26)22-17-6-4-5-15(11-17)13-24-9-2-1-3-10-24/h4-8,11-12H,1-3,9-10,13-14H2,(H,22,26)(H,23,25). The van der Waals surface area contributed by atoms with Gasteiger partial charge in [-0.3, -0.25) is 14.5 Å². The SMILES string of the molecule is O=C1CSc2ccc(C(=O)Nc3cccc(CN4CCCCC4)c3)cc2N1. The van der Waals surface area contributed by atoms with Gasteiger partial charge in [0.1, 0.15) is 0 Å². The smallest absolute Gasteiger partial charge is 0.255 e. The molecule has 0 spiro atoms. The average molecular weight is 382 g/mol. The highest BCUT2D eigenvalue weighted by molar-refractivity contribution is 8.00. The van der Waals surface area contributed by atoms with Crippen molar-refractivity contribution >= 4 is 35.0 Å². The highest BCUT2D eigenvalue weighted by Gasteiger charge is 2.17. The Hall–Kier alpha value is -2.31. The Balaban J connectivity index is 1.44. The second kappa shape index (κ2) is 8.15. The number of benzene rings is 2. The third-order valence-electron chi connectivity index (χ3n) is 4.91. The third kappa shape index (κ3) is 4.51. The lowest BCUT2D eigenvalue weighted by molar-refractivity contribution is -0.113. The van der Waals surface area contributed by atoms with E-state index in [0.29, 0.717) is 17.0 Å². The van der Waals surface area contributed by atoms with Gasteiger partial charge in [-0.1, -0.05) is 18.6 Å². The van der Waals surface area contributed by atoms with Crippen LogP contribution in [0.1, 0.15) is 35.2 Å². The zero-order chi connectivity index (χ0) is 18.6. The van der Waals surface area contributed by atoms with Crippen LogP contribution in [-0.4, -0.2) is 35.6 Å². The van der Waals surface area contributed by atoms with Gasteiger partial charge in [-0.2, -0.15) is 0 Å². The number of nitrogens with zero attached hydrogens (tertiary/aromatic N) is 1. The maximum Gasteiger partial charge on any atom is 0.255 e. The number of hydrogen-bond acceptors (Lipinski definition) is 4. The van der Waals surface area contributed by atoms with Crippen molar-refractivity contribution in [2.75, 3.05) is 29.5 Å². The van der Waals surface area contributed by atoms with E-state index in [9.17, 15) is 9.59 Å². The van der Waals surface area contributed by atoms with Gasteiger partial charge in [0.2, 0.25) is 5.91 Å². The quantitative estimate of drug-likeness (QED) is 0.841. The molecule has 2 aromatic carbocycles. The van der Waals surface area contributed by atoms with Gasteiger partial charge < -0.3 is 10.6 Å². The van der Waals surface area contributed by atoms with E-state index in [-0.39, 0.29) is 11.8 Å². The Morgan fingerprint density at radius 3 is 2.81 bits per heavy atom. The second-order valence-corrected chi connectivity index (χ2v) is 8.06. The van der Waals surface area contributed by atoms with E-state index in [1.165, 1.54) is 36.6 Å². The monoisotopic (exact) mass is 381 g/mol. The van der Waals surface area contributed by atoms with Gasteiger partial charge in [0.15, 0.2) is 0 Å². The number of hydrogen-bond donors (Lipinski definition) is 2. The predicted molar refractivity (Wildman–Crippen MR) is 109 cm³/mol. The van der Waals surface area contributed by atoms with E-state index in [1.54, 1.807) is 12.1 Å². The largest absolute Gasteiger partial charge is 0.324 e. The van der Waals surface area contributed by atoms with E-state index >= 15 is 0 Å². The number of likely N-dealkylation sites (tertiary alicyclic amines) is 1. The van der Waals surface area contributed by atoms with E-state index in [0.717, 1.165) is 30.2 Å². The minimum Gasteiger partial charge on any atom is -0.324 e. The van der Waals surface area contributed by atoms with Crippen LogP contribution in [0.5, 0.6) is 0 Å². The van der Waals surface area contributed by atoms with E-state index in [2.05, 4.69) is 21.6 Å². The minimum atomic E-state index is -0.169. The molecule has 6 heteroatoms. The number of nitrogens with one attached hydrogen (secondary N) is 2. The van der Waals surface area contributed by atoms with Crippen molar-refractivity contribution in [1.82, 2.24) is 4.90 Å². The summed E-state index contributed by atoms with van der Waals surface area (Å²) in [7, 11) is 0. The van der Waals surface area contributed by atoms with Crippen molar-refractivity contribution < 1.29 is 9.59 Å². The van der Waals surface area contributed by atoms with Crippen molar-refractivity contribution in [2.45, 2.75) is 30.7 Å². The molecule has 2 aromatic rings. The van der Waals surface area contributed by atoms with Gasteiger partial charge >= 0.3 is 0 Å². The third-order valence-corrected chi connectivity index (χ3v) is 5.99. The molecule has 1 fully saturated rings. The summed E-state index contributed by atoms with van der Waals surface area (Å²) in [5.41, 5.74) is 3.26. The number of thioether (sulfide) groups is 1. The number of rotatable bonds is 4. The summed E-state index contributed by atoms with van der Waals surface area (Å²) in [5, 5.41) is 5.81. The summed E-state index contributed by atoms with van der Waals surface area (Å²) in [5.74, 6) is 0.218. The maximum absolute atomic E-state index is 12.6. The number of piperidine rings is 1. The zero-order valence-electron chi connectivity index (χ0n) is 15.2. The molecular weight excluding hydrogens is 358 g/mol. The number of amides is 2. The number of anilines is 2. The average Bonchev–Trinajstić information content (AvgIpc) is 2.68. The first-order valence-electron chi connectivity index (χ1n) is 9.37. The number of carbonyl (C=O) groups excluding carboxylic acids is 2. The molecule has 1 saturated heterocycles. The highest BCUT2D eigenvalue weighted by Crippen LogP contribution is 2.32. The lowest BCUT2D eigenvalue weighted by atomic mass is 10.1. The molecule has 0 bridgehead atoms. The molecule has 2 aliphatic heterocycles. The van der Waals surface area contributed by atoms with E-state index in [4.69, 9.17) is 0 Å². The molecule has 2 aliphatic rings. The van der Waals surface area contributed by atoms with Crippen LogP contribution in [0.3, 0.4) is 0 Å². The first kappa shape index (κ1) is 18.1. The maximum atomic E-state index is 12.6. The van der Waals surface area contributed by atoms with Crippen LogP contribution in [0.2, 0.25) is 0 Å². The van der Waals surface area contributed by atoms with Gasteiger partial charge in [-0.25, -0.2) is 0 Å². The first-order valence-corrected chi connectivity index (χ1v) is 10.4. The van der Waals surface area contributed by atoms with Crippen molar-refractivity contribution in [3.8, 4) is 0 Å². The molecule has 0 aliphatic carbocycles. The molecule has 140 valence electrons. The molecule has 2 amide bonds. The molecule has 0 aromatic heterocycles. The molecule has 0 saturated carbocycles. The van der Waals surface area contributed by atoms with Gasteiger partial charge in [-0.15, -0.1) is 11.8 Å². The molecule has 2 heterocycles. The lowest BCUT2D eigenvalue weighted by Crippen LogP contribution is -2.29. The topological polar surface area (TPSA) is 61.4 Å². The first-order chi connectivity index (χ1) is 13.2. The number of fused-ring (bicyclic) bond motifs is 1. The molecule has 2 N–H and O–H groups in total. The van der Waals surface area contributed by atoms with Crippen molar-refractivity contribution in [3.05, 3.63) is 53.6 Å².